The van der Waals surface area contributed by atoms with Crippen LogP contribution >= 0.6 is 0 Å². The molecule has 2 heterocycles. The Hall–Kier alpha value is -6.19. The minimum Gasteiger partial charge on any atom is -0.256 e. The first-order valence-corrected chi connectivity index (χ1v) is 16.8. The van der Waals surface area contributed by atoms with Gasteiger partial charge in [-0.2, -0.15) is 0 Å². The van der Waals surface area contributed by atoms with E-state index in [0.717, 1.165) is 39.3 Å². The molecule has 0 radical (unpaired) electrons. The summed E-state index contributed by atoms with van der Waals surface area (Å²) < 4.78 is 0. The number of benzene rings is 6. The molecule has 232 valence electrons. The van der Waals surface area contributed by atoms with Gasteiger partial charge < -0.3 is 0 Å². The number of hydrogen-bond acceptors (Lipinski definition) is 3. The molecule has 0 unspecified atom stereocenters. The summed E-state index contributed by atoms with van der Waals surface area (Å²) in [6.07, 6.45) is 1.91. The first-order valence-electron chi connectivity index (χ1n) is 16.8. The van der Waals surface area contributed by atoms with E-state index < -0.39 is 0 Å². The Morgan fingerprint density at radius 3 is 1.76 bits per heavy atom. The van der Waals surface area contributed by atoms with Gasteiger partial charge in [0.2, 0.25) is 0 Å². The molecule has 0 spiro atoms. The molecule has 3 heteroatoms. The van der Waals surface area contributed by atoms with Crippen LogP contribution in [0, 0.1) is 0 Å². The number of rotatable bonds is 5. The lowest BCUT2D eigenvalue weighted by atomic mass is 9.79. The Kier molecular flexibility index (Phi) is 6.80. The summed E-state index contributed by atoms with van der Waals surface area (Å²) in [5, 5.41) is 2.64. The summed E-state index contributed by atoms with van der Waals surface area (Å²) in [4.78, 5) is 14.8. The molecule has 0 atom stereocenters. The highest BCUT2D eigenvalue weighted by atomic mass is 14.9. The molecule has 0 saturated carbocycles. The van der Waals surface area contributed by atoms with Crippen molar-refractivity contribution in [1.82, 2.24) is 15.0 Å². The second-order valence-corrected chi connectivity index (χ2v) is 13.3. The maximum Gasteiger partial charge on any atom is 0.160 e. The number of nitrogens with zero attached hydrogens (tertiary/aromatic N) is 3. The summed E-state index contributed by atoms with van der Waals surface area (Å²) in [6.45, 7) is 4.72. The van der Waals surface area contributed by atoms with Gasteiger partial charge in [0, 0.05) is 33.9 Å². The lowest BCUT2D eigenvalue weighted by molar-refractivity contribution is 0.666. The van der Waals surface area contributed by atoms with E-state index >= 15 is 0 Å². The maximum atomic E-state index is 5.05. The highest BCUT2D eigenvalue weighted by molar-refractivity contribution is 5.98. The van der Waals surface area contributed by atoms with Crippen molar-refractivity contribution in [2.75, 3.05) is 0 Å². The van der Waals surface area contributed by atoms with Crippen LogP contribution in [0.1, 0.15) is 25.0 Å². The third-order valence-electron chi connectivity index (χ3n) is 9.94. The van der Waals surface area contributed by atoms with Crippen molar-refractivity contribution >= 4 is 10.8 Å². The van der Waals surface area contributed by atoms with Gasteiger partial charge in [-0.1, -0.05) is 147 Å². The molecular formula is C46H33N3. The molecule has 0 saturated heterocycles. The topological polar surface area (TPSA) is 38.7 Å². The standard InChI is InChI=1S/C46H33N3/c1-46(2)40-27-35(22-24-38(40)39-25-21-31-11-9-10-16-37(31)44(39)46)30-17-19-33(20-18-30)42-28-43(49-45(48-42)34-14-7-4-8-15-34)36-23-26-41(47-29-36)32-12-5-3-6-13-32/h3-29H,1-2H3. The number of aromatic nitrogens is 3. The maximum absolute atomic E-state index is 5.05. The van der Waals surface area contributed by atoms with Crippen LogP contribution < -0.4 is 0 Å². The molecular weight excluding hydrogens is 595 g/mol. The Morgan fingerprint density at radius 1 is 0.429 bits per heavy atom. The van der Waals surface area contributed by atoms with Crippen LogP contribution in [0.25, 0.3) is 78.2 Å². The molecule has 0 N–H and O–H groups in total. The van der Waals surface area contributed by atoms with Crippen LogP contribution in [0.2, 0.25) is 0 Å². The molecule has 0 bridgehead atoms. The number of pyridine rings is 1. The van der Waals surface area contributed by atoms with Gasteiger partial charge in [-0.05, 0) is 68.4 Å². The van der Waals surface area contributed by atoms with Gasteiger partial charge in [-0.25, -0.2) is 9.97 Å². The fourth-order valence-electron chi connectivity index (χ4n) is 7.40. The normalized spacial score (nSPS) is 12.9. The Morgan fingerprint density at radius 2 is 1.02 bits per heavy atom. The molecule has 6 aromatic carbocycles. The number of hydrogen-bond donors (Lipinski definition) is 0. The van der Waals surface area contributed by atoms with Crippen LogP contribution in [-0.4, -0.2) is 15.0 Å². The fraction of sp³-hybridized carbons (Fsp3) is 0.0652. The highest BCUT2D eigenvalue weighted by Crippen LogP contribution is 2.52. The molecule has 1 aliphatic carbocycles. The third-order valence-corrected chi connectivity index (χ3v) is 9.94. The fourth-order valence-corrected chi connectivity index (χ4v) is 7.40. The van der Waals surface area contributed by atoms with Gasteiger partial charge in [0.25, 0.3) is 0 Å². The molecule has 0 amide bonds. The predicted molar refractivity (Wildman–Crippen MR) is 202 cm³/mol. The van der Waals surface area contributed by atoms with Gasteiger partial charge in [-0.3, -0.25) is 4.98 Å². The Balaban J connectivity index is 1.08. The first kappa shape index (κ1) is 29.0. The van der Waals surface area contributed by atoms with Gasteiger partial charge in [0.15, 0.2) is 5.82 Å². The SMILES string of the molecule is CC1(C)c2cc(-c3ccc(-c4cc(-c5ccc(-c6ccccc6)nc5)nc(-c5ccccc5)n4)cc3)ccc2-c2ccc3ccccc3c21. The van der Waals surface area contributed by atoms with Crippen LogP contribution in [-0.2, 0) is 5.41 Å². The van der Waals surface area contributed by atoms with E-state index in [9.17, 15) is 0 Å². The molecule has 0 fully saturated rings. The van der Waals surface area contributed by atoms with E-state index in [-0.39, 0.29) is 5.41 Å². The molecule has 9 rings (SSSR count). The second-order valence-electron chi connectivity index (χ2n) is 13.3. The van der Waals surface area contributed by atoms with Crippen molar-refractivity contribution in [3.63, 3.8) is 0 Å². The van der Waals surface area contributed by atoms with E-state index in [1.165, 1.54) is 44.2 Å². The van der Waals surface area contributed by atoms with E-state index in [4.69, 9.17) is 15.0 Å². The summed E-state index contributed by atoms with van der Waals surface area (Å²) >= 11 is 0. The average Bonchev–Trinajstić information content (AvgIpc) is 3.41. The summed E-state index contributed by atoms with van der Waals surface area (Å²) in [5.41, 5.74) is 14.5. The summed E-state index contributed by atoms with van der Waals surface area (Å²) in [7, 11) is 0. The Labute approximate surface area is 286 Å². The molecule has 49 heavy (non-hydrogen) atoms. The summed E-state index contributed by atoms with van der Waals surface area (Å²) in [5.74, 6) is 0.692. The van der Waals surface area contributed by atoms with Crippen LogP contribution in [0.3, 0.4) is 0 Å². The third kappa shape index (κ3) is 5.03. The van der Waals surface area contributed by atoms with E-state index in [1.807, 2.05) is 42.6 Å². The lowest BCUT2D eigenvalue weighted by Crippen LogP contribution is -2.15. The smallest absolute Gasteiger partial charge is 0.160 e. The molecule has 8 aromatic rings. The van der Waals surface area contributed by atoms with Crippen molar-refractivity contribution in [3.8, 4) is 67.4 Å². The van der Waals surface area contributed by atoms with Crippen molar-refractivity contribution in [3.05, 3.63) is 175 Å². The van der Waals surface area contributed by atoms with E-state index in [2.05, 4.69) is 135 Å². The number of fused-ring (bicyclic) bond motifs is 5. The van der Waals surface area contributed by atoms with Gasteiger partial charge in [0.1, 0.15) is 0 Å². The minimum absolute atomic E-state index is 0.0964. The van der Waals surface area contributed by atoms with Crippen LogP contribution in [0.4, 0.5) is 0 Å². The van der Waals surface area contributed by atoms with Crippen molar-refractivity contribution in [1.29, 1.82) is 0 Å². The predicted octanol–water partition coefficient (Wildman–Crippen LogP) is 11.7. The van der Waals surface area contributed by atoms with Crippen molar-refractivity contribution < 1.29 is 0 Å². The van der Waals surface area contributed by atoms with E-state index in [1.54, 1.807) is 0 Å². The van der Waals surface area contributed by atoms with Crippen LogP contribution in [0.5, 0.6) is 0 Å². The largest absolute Gasteiger partial charge is 0.256 e. The van der Waals surface area contributed by atoms with Crippen molar-refractivity contribution in [2.45, 2.75) is 19.3 Å². The molecule has 2 aromatic heterocycles. The van der Waals surface area contributed by atoms with Crippen molar-refractivity contribution in [2.24, 2.45) is 0 Å². The van der Waals surface area contributed by atoms with Gasteiger partial charge >= 0.3 is 0 Å². The monoisotopic (exact) mass is 627 g/mol. The van der Waals surface area contributed by atoms with Gasteiger partial charge in [0.05, 0.1) is 17.1 Å². The summed E-state index contributed by atoms with van der Waals surface area (Å²) in [6, 6.07) is 55.6. The second kappa shape index (κ2) is 11.5. The highest BCUT2D eigenvalue weighted by Gasteiger charge is 2.37. The van der Waals surface area contributed by atoms with E-state index in [0.29, 0.717) is 5.82 Å². The van der Waals surface area contributed by atoms with Crippen LogP contribution in [0.15, 0.2) is 164 Å². The quantitative estimate of drug-likeness (QED) is 0.191. The lowest BCUT2D eigenvalue weighted by Gasteiger charge is -2.23. The first-order chi connectivity index (χ1) is 24.0. The zero-order valence-electron chi connectivity index (χ0n) is 27.4. The molecule has 3 nitrogen and oxygen atoms in total. The molecule has 0 aliphatic heterocycles. The zero-order chi connectivity index (χ0) is 33.0. The minimum atomic E-state index is -0.0964. The average molecular weight is 628 g/mol. The zero-order valence-corrected chi connectivity index (χ0v) is 27.4. The Bertz CT molecular complexity index is 2480. The molecule has 1 aliphatic rings. The van der Waals surface area contributed by atoms with Gasteiger partial charge in [-0.15, -0.1) is 0 Å².